The van der Waals surface area contributed by atoms with E-state index in [4.69, 9.17) is 0 Å². The Kier molecular flexibility index (Phi) is 4.08. The Morgan fingerprint density at radius 1 is 1.47 bits per heavy atom. The van der Waals surface area contributed by atoms with Crippen LogP contribution in [0.1, 0.15) is 36.3 Å². The van der Waals surface area contributed by atoms with Gasteiger partial charge in [-0.2, -0.15) is 0 Å². The lowest BCUT2D eigenvalue weighted by Gasteiger charge is -2.18. The summed E-state index contributed by atoms with van der Waals surface area (Å²) in [5.41, 5.74) is 1.61. The molecule has 1 atom stereocenters. The Morgan fingerprint density at radius 2 is 2.21 bits per heavy atom. The predicted molar refractivity (Wildman–Crippen MR) is 77.4 cm³/mol. The summed E-state index contributed by atoms with van der Waals surface area (Å²) in [5, 5.41) is 3.00. The molecular weight excluding hydrogens is 238 g/mol. The molecular formula is C15H23N3O. The van der Waals surface area contributed by atoms with E-state index in [2.05, 4.69) is 24.1 Å². The van der Waals surface area contributed by atoms with Crippen molar-refractivity contribution < 1.29 is 4.79 Å². The first-order valence-electron chi connectivity index (χ1n) is 6.97. The molecule has 2 heterocycles. The summed E-state index contributed by atoms with van der Waals surface area (Å²) in [5.74, 6) is 2.16. The molecule has 1 aromatic rings. The highest BCUT2D eigenvalue weighted by molar-refractivity contribution is 5.95. The summed E-state index contributed by atoms with van der Waals surface area (Å²) in [6, 6.07) is 3.70. The SMILES string of the molecule is CNc1cc(C(=O)N2CCC(C(C)C)C2)cc(C)n1. The van der Waals surface area contributed by atoms with Gasteiger partial charge in [0.05, 0.1) is 0 Å². The van der Waals surface area contributed by atoms with Gasteiger partial charge in [0.15, 0.2) is 0 Å². The van der Waals surface area contributed by atoms with Crippen molar-refractivity contribution in [3.05, 3.63) is 23.4 Å². The highest BCUT2D eigenvalue weighted by Gasteiger charge is 2.28. The average molecular weight is 261 g/mol. The molecule has 0 bridgehead atoms. The fraction of sp³-hybridized carbons (Fsp3) is 0.600. The van der Waals surface area contributed by atoms with Crippen molar-refractivity contribution in [3.8, 4) is 0 Å². The Labute approximate surface area is 115 Å². The zero-order valence-corrected chi connectivity index (χ0v) is 12.2. The molecule has 1 saturated heterocycles. The Bertz CT molecular complexity index is 470. The van der Waals surface area contributed by atoms with Gasteiger partial charge in [-0.15, -0.1) is 0 Å². The number of aromatic nitrogens is 1. The topological polar surface area (TPSA) is 45.2 Å². The molecule has 1 amide bonds. The third kappa shape index (κ3) is 3.06. The standard InChI is InChI=1S/C15H23N3O/c1-10(2)12-5-6-18(9-12)15(19)13-7-11(3)17-14(8-13)16-4/h7-8,10,12H,5-6,9H2,1-4H3,(H,16,17). The van der Waals surface area contributed by atoms with Crippen molar-refractivity contribution in [2.24, 2.45) is 11.8 Å². The second kappa shape index (κ2) is 5.59. The van der Waals surface area contributed by atoms with Crippen LogP contribution in [0.15, 0.2) is 12.1 Å². The third-order valence-corrected chi connectivity index (χ3v) is 3.91. The Morgan fingerprint density at radius 3 is 2.79 bits per heavy atom. The number of pyridine rings is 1. The average Bonchev–Trinajstić information content (AvgIpc) is 2.86. The van der Waals surface area contributed by atoms with Crippen LogP contribution >= 0.6 is 0 Å². The van der Waals surface area contributed by atoms with Gasteiger partial charge in [-0.3, -0.25) is 4.79 Å². The fourth-order valence-electron chi connectivity index (χ4n) is 2.62. The highest BCUT2D eigenvalue weighted by atomic mass is 16.2. The van der Waals surface area contributed by atoms with Gasteiger partial charge in [0.1, 0.15) is 5.82 Å². The summed E-state index contributed by atoms with van der Waals surface area (Å²) in [6.45, 7) is 8.13. The maximum atomic E-state index is 12.5. The summed E-state index contributed by atoms with van der Waals surface area (Å²) in [7, 11) is 1.82. The van der Waals surface area contributed by atoms with Crippen LogP contribution in [0.25, 0.3) is 0 Å². The molecule has 104 valence electrons. The van der Waals surface area contributed by atoms with Gasteiger partial charge in [0.2, 0.25) is 0 Å². The van der Waals surface area contributed by atoms with Crippen molar-refractivity contribution in [2.75, 3.05) is 25.5 Å². The maximum Gasteiger partial charge on any atom is 0.254 e. The van der Waals surface area contributed by atoms with Crippen molar-refractivity contribution in [2.45, 2.75) is 27.2 Å². The maximum absolute atomic E-state index is 12.5. The molecule has 4 nitrogen and oxygen atoms in total. The fourth-order valence-corrected chi connectivity index (χ4v) is 2.62. The minimum Gasteiger partial charge on any atom is -0.373 e. The van der Waals surface area contributed by atoms with Crippen molar-refractivity contribution in [1.29, 1.82) is 0 Å². The normalized spacial score (nSPS) is 19.0. The van der Waals surface area contributed by atoms with E-state index in [1.54, 1.807) is 0 Å². The van der Waals surface area contributed by atoms with Crippen LogP contribution in [0, 0.1) is 18.8 Å². The lowest BCUT2D eigenvalue weighted by molar-refractivity contribution is 0.0784. The number of carbonyl (C=O) groups excluding carboxylic acids is 1. The monoisotopic (exact) mass is 261 g/mol. The minimum absolute atomic E-state index is 0.130. The first-order valence-corrected chi connectivity index (χ1v) is 6.97. The van der Waals surface area contributed by atoms with Crippen molar-refractivity contribution >= 4 is 11.7 Å². The molecule has 1 unspecified atom stereocenters. The summed E-state index contributed by atoms with van der Waals surface area (Å²) in [4.78, 5) is 18.8. The van der Waals surface area contributed by atoms with Gasteiger partial charge >= 0.3 is 0 Å². The highest BCUT2D eigenvalue weighted by Crippen LogP contribution is 2.25. The van der Waals surface area contributed by atoms with Crippen LogP contribution in [0.3, 0.4) is 0 Å². The van der Waals surface area contributed by atoms with E-state index < -0.39 is 0 Å². The number of hydrogen-bond acceptors (Lipinski definition) is 3. The minimum atomic E-state index is 0.130. The van der Waals surface area contributed by atoms with Crippen LogP contribution in [0.2, 0.25) is 0 Å². The van der Waals surface area contributed by atoms with E-state index in [1.165, 1.54) is 0 Å². The van der Waals surface area contributed by atoms with E-state index in [9.17, 15) is 4.79 Å². The quantitative estimate of drug-likeness (QED) is 0.909. The lowest BCUT2D eigenvalue weighted by Crippen LogP contribution is -2.29. The van der Waals surface area contributed by atoms with Crippen LogP contribution in [-0.2, 0) is 0 Å². The van der Waals surface area contributed by atoms with Gasteiger partial charge in [0.25, 0.3) is 5.91 Å². The van der Waals surface area contributed by atoms with Gasteiger partial charge in [0, 0.05) is 31.4 Å². The molecule has 1 fully saturated rings. The molecule has 0 aromatic carbocycles. The number of nitrogens with one attached hydrogen (secondary N) is 1. The zero-order chi connectivity index (χ0) is 14.0. The molecule has 19 heavy (non-hydrogen) atoms. The predicted octanol–water partition coefficient (Wildman–Crippen LogP) is 2.55. The number of aryl methyl sites for hydroxylation is 1. The van der Waals surface area contributed by atoms with E-state index >= 15 is 0 Å². The van der Waals surface area contributed by atoms with E-state index in [1.807, 2.05) is 31.0 Å². The Balaban J connectivity index is 2.14. The van der Waals surface area contributed by atoms with Gasteiger partial charge < -0.3 is 10.2 Å². The summed E-state index contributed by atoms with van der Waals surface area (Å²) >= 11 is 0. The molecule has 1 aliphatic heterocycles. The number of anilines is 1. The van der Waals surface area contributed by atoms with Gasteiger partial charge in [-0.25, -0.2) is 4.98 Å². The van der Waals surface area contributed by atoms with Crippen molar-refractivity contribution in [1.82, 2.24) is 9.88 Å². The molecule has 4 heteroatoms. The van der Waals surface area contributed by atoms with E-state index in [-0.39, 0.29) is 5.91 Å². The summed E-state index contributed by atoms with van der Waals surface area (Å²) < 4.78 is 0. The van der Waals surface area contributed by atoms with Crippen molar-refractivity contribution in [3.63, 3.8) is 0 Å². The molecule has 1 N–H and O–H groups in total. The molecule has 0 spiro atoms. The molecule has 0 radical (unpaired) electrons. The van der Waals surface area contributed by atoms with Crippen LogP contribution in [0.4, 0.5) is 5.82 Å². The number of nitrogens with zero attached hydrogens (tertiary/aromatic N) is 2. The van der Waals surface area contributed by atoms with Gasteiger partial charge in [-0.05, 0) is 37.3 Å². The van der Waals surface area contributed by atoms with Gasteiger partial charge in [-0.1, -0.05) is 13.8 Å². The lowest BCUT2D eigenvalue weighted by atomic mass is 9.95. The number of likely N-dealkylation sites (tertiary alicyclic amines) is 1. The molecule has 1 aliphatic rings. The summed E-state index contributed by atoms with van der Waals surface area (Å²) in [6.07, 6.45) is 1.12. The zero-order valence-electron chi connectivity index (χ0n) is 12.2. The molecule has 0 aliphatic carbocycles. The molecule has 2 rings (SSSR count). The van der Waals surface area contributed by atoms with E-state index in [0.717, 1.165) is 36.6 Å². The second-order valence-electron chi connectivity index (χ2n) is 5.68. The van der Waals surface area contributed by atoms with E-state index in [0.29, 0.717) is 11.8 Å². The van der Waals surface area contributed by atoms with Crippen LogP contribution in [-0.4, -0.2) is 35.9 Å². The largest absolute Gasteiger partial charge is 0.373 e. The Hall–Kier alpha value is -1.58. The molecule has 1 aromatic heterocycles. The first kappa shape index (κ1) is 13.8. The smallest absolute Gasteiger partial charge is 0.254 e. The number of rotatable bonds is 3. The molecule has 0 saturated carbocycles. The van der Waals surface area contributed by atoms with Crippen LogP contribution in [0.5, 0.6) is 0 Å². The number of carbonyl (C=O) groups is 1. The number of amides is 1. The van der Waals surface area contributed by atoms with Crippen LogP contribution < -0.4 is 5.32 Å². The number of hydrogen-bond donors (Lipinski definition) is 1. The second-order valence-corrected chi connectivity index (χ2v) is 5.68. The first-order chi connectivity index (χ1) is 9.01. The third-order valence-electron chi connectivity index (χ3n) is 3.91.